The topological polar surface area (TPSA) is 0 Å². The molecule has 2 aliphatic carbocycles. The van der Waals surface area contributed by atoms with Crippen molar-refractivity contribution in [2.45, 2.75) is 51.7 Å². The van der Waals surface area contributed by atoms with Crippen LogP contribution >= 0.6 is 11.8 Å². The first-order valence-corrected chi connectivity index (χ1v) is 6.65. The normalized spacial score (nSPS) is 47.1. The van der Waals surface area contributed by atoms with Gasteiger partial charge in [0.05, 0.1) is 0 Å². The third kappa shape index (κ3) is 1.12. The van der Waals surface area contributed by atoms with Crippen molar-refractivity contribution >= 4 is 11.8 Å². The van der Waals surface area contributed by atoms with Crippen LogP contribution in [0, 0.1) is 17.3 Å². The first-order chi connectivity index (χ1) is 6.02. The largest absolute Gasteiger partial charge is 0.155 e. The van der Waals surface area contributed by atoms with Crippen LogP contribution in [-0.2, 0) is 0 Å². The predicted octanol–water partition coefficient (Wildman–Crippen LogP) is 3.95. The third-order valence-electron chi connectivity index (χ3n) is 4.96. The van der Waals surface area contributed by atoms with E-state index in [9.17, 15) is 0 Å². The lowest BCUT2D eigenvalue weighted by atomic mass is 9.69. The van der Waals surface area contributed by atoms with Gasteiger partial charge in [0.2, 0.25) is 0 Å². The number of rotatable bonds is 2. The Morgan fingerprint density at radius 1 is 1.15 bits per heavy atom. The summed E-state index contributed by atoms with van der Waals surface area (Å²) in [5, 5.41) is 0. The summed E-state index contributed by atoms with van der Waals surface area (Å²) in [6, 6.07) is 0. The van der Waals surface area contributed by atoms with E-state index in [0.29, 0.717) is 10.2 Å². The summed E-state index contributed by atoms with van der Waals surface area (Å²) in [6.07, 6.45) is 4.51. The van der Waals surface area contributed by atoms with Crippen LogP contribution in [0.25, 0.3) is 0 Å². The van der Waals surface area contributed by atoms with Crippen molar-refractivity contribution in [3.8, 4) is 0 Å². The second-order valence-electron chi connectivity index (χ2n) is 5.47. The highest BCUT2D eigenvalue weighted by Gasteiger charge is 2.60. The van der Waals surface area contributed by atoms with Crippen molar-refractivity contribution in [1.82, 2.24) is 0 Å². The molecule has 0 nitrogen and oxygen atoms in total. The molecule has 2 fully saturated rings. The zero-order valence-corrected chi connectivity index (χ0v) is 10.2. The molecule has 0 heterocycles. The first-order valence-electron chi connectivity index (χ1n) is 5.66. The smallest absolute Gasteiger partial charge is 0.0213 e. The van der Waals surface area contributed by atoms with Gasteiger partial charge in [-0.2, -0.15) is 11.8 Å². The van der Waals surface area contributed by atoms with Crippen molar-refractivity contribution in [3.05, 3.63) is 0 Å². The van der Waals surface area contributed by atoms with Gasteiger partial charge in [0.15, 0.2) is 0 Å². The van der Waals surface area contributed by atoms with Gasteiger partial charge in [0.1, 0.15) is 0 Å². The average molecular weight is 198 g/mol. The molecule has 0 aromatic carbocycles. The van der Waals surface area contributed by atoms with Gasteiger partial charge in [0, 0.05) is 4.75 Å². The lowest BCUT2D eigenvalue weighted by Gasteiger charge is -2.47. The molecular weight excluding hydrogens is 176 g/mol. The van der Waals surface area contributed by atoms with Crippen molar-refractivity contribution in [2.24, 2.45) is 17.3 Å². The Morgan fingerprint density at radius 2 is 1.77 bits per heavy atom. The summed E-state index contributed by atoms with van der Waals surface area (Å²) in [4.78, 5) is 0. The SMILES string of the molecule is CCS[C@]1(C)[C@H]2CC[C@H](C2)C1(C)C. The zero-order chi connectivity index (χ0) is 9.69. The van der Waals surface area contributed by atoms with Gasteiger partial charge < -0.3 is 0 Å². The molecule has 0 saturated heterocycles. The number of thioether (sulfide) groups is 1. The minimum atomic E-state index is 0.574. The van der Waals surface area contributed by atoms with Crippen LogP contribution in [0.2, 0.25) is 0 Å². The Kier molecular flexibility index (Phi) is 2.22. The van der Waals surface area contributed by atoms with E-state index in [1.165, 1.54) is 25.0 Å². The van der Waals surface area contributed by atoms with Crippen molar-refractivity contribution < 1.29 is 0 Å². The molecule has 2 aliphatic rings. The Morgan fingerprint density at radius 3 is 2.23 bits per heavy atom. The standard InChI is InChI=1S/C12H22S/c1-5-13-12(4)10-7-6-9(8-10)11(12,2)3/h9-10H,5-8H2,1-4H3/t9-,10+,12-/m1/s1. The van der Waals surface area contributed by atoms with Gasteiger partial charge in [-0.15, -0.1) is 0 Å². The highest BCUT2D eigenvalue weighted by atomic mass is 32.2. The summed E-state index contributed by atoms with van der Waals surface area (Å²) in [5.41, 5.74) is 0.580. The lowest BCUT2D eigenvalue weighted by Crippen LogP contribution is -2.44. The van der Waals surface area contributed by atoms with Gasteiger partial charge in [-0.1, -0.05) is 20.8 Å². The second kappa shape index (κ2) is 2.92. The highest BCUT2D eigenvalue weighted by Crippen LogP contribution is 2.66. The maximum Gasteiger partial charge on any atom is 0.0213 e. The fourth-order valence-corrected chi connectivity index (χ4v) is 5.26. The van der Waals surface area contributed by atoms with Crippen LogP contribution in [-0.4, -0.2) is 10.5 Å². The Labute approximate surface area is 86.9 Å². The molecule has 3 atom stereocenters. The second-order valence-corrected chi connectivity index (χ2v) is 7.18. The molecule has 0 amide bonds. The molecular formula is C12H22S. The fraction of sp³-hybridized carbons (Fsp3) is 1.00. The van der Waals surface area contributed by atoms with Gasteiger partial charge in [-0.25, -0.2) is 0 Å². The monoisotopic (exact) mass is 198 g/mol. The molecule has 13 heavy (non-hydrogen) atoms. The van der Waals surface area contributed by atoms with Gasteiger partial charge in [-0.3, -0.25) is 0 Å². The molecule has 1 heteroatoms. The molecule has 0 aromatic heterocycles. The molecule has 0 aromatic rings. The number of hydrogen-bond donors (Lipinski definition) is 0. The van der Waals surface area contributed by atoms with Crippen LogP contribution in [0.3, 0.4) is 0 Å². The maximum absolute atomic E-state index is 2.52. The summed E-state index contributed by atoms with van der Waals surface area (Å²) in [6.45, 7) is 9.82. The van der Waals surface area contributed by atoms with E-state index in [1.807, 2.05) is 0 Å². The fourth-order valence-electron chi connectivity index (χ4n) is 3.67. The van der Waals surface area contributed by atoms with Crippen molar-refractivity contribution in [2.75, 3.05) is 5.75 Å². The van der Waals surface area contributed by atoms with E-state index < -0.39 is 0 Å². The molecule has 2 rings (SSSR count). The summed E-state index contributed by atoms with van der Waals surface area (Å²) >= 11 is 2.21. The van der Waals surface area contributed by atoms with Gasteiger partial charge >= 0.3 is 0 Å². The number of fused-ring (bicyclic) bond motifs is 2. The van der Waals surface area contributed by atoms with Crippen LogP contribution in [0.4, 0.5) is 0 Å². The minimum Gasteiger partial charge on any atom is -0.155 e. The molecule has 76 valence electrons. The molecule has 0 unspecified atom stereocenters. The van der Waals surface area contributed by atoms with E-state index in [-0.39, 0.29) is 0 Å². The third-order valence-corrected chi connectivity index (χ3v) is 6.70. The predicted molar refractivity (Wildman–Crippen MR) is 61.1 cm³/mol. The van der Waals surface area contributed by atoms with E-state index in [1.54, 1.807) is 0 Å². The number of hydrogen-bond acceptors (Lipinski definition) is 1. The summed E-state index contributed by atoms with van der Waals surface area (Å²) in [7, 11) is 0. The zero-order valence-electron chi connectivity index (χ0n) is 9.39. The Hall–Kier alpha value is 0.350. The molecule has 0 aliphatic heterocycles. The highest BCUT2D eigenvalue weighted by molar-refractivity contribution is 8.00. The Bertz CT molecular complexity index is 209. The van der Waals surface area contributed by atoms with E-state index in [0.717, 1.165) is 11.8 Å². The summed E-state index contributed by atoms with van der Waals surface area (Å²) < 4.78 is 0.574. The minimum absolute atomic E-state index is 0.574. The van der Waals surface area contributed by atoms with Gasteiger partial charge in [-0.05, 0) is 49.2 Å². The van der Waals surface area contributed by atoms with Crippen molar-refractivity contribution in [1.29, 1.82) is 0 Å². The maximum atomic E-state index is 2.52. The van der Waals surface area contributed by atoms with E-state index in [2.05, 4.69) is 39.5 Å². The van der Waals surface area contributed by atoms with Crippen LogP contribution in [0.15, 0.2) is 0 Å². The molecule has 0 radical (unpaired) electrons. The summed E-state index contributed by atoms with van der Waals surface area (Å²) in [5.74, 6) is 3.31. The average Bonchev–Trinajstić information content (AvgIpc) is 2.56. The molecule has 0 N–H and O–H groups in total. The van der Waals surface area contributed by atoms with Crippen LogP contribution in [0.1, 0.15) is 47.0 Å². The van der Waals surface area contributed by atoms with Crippen molar-refractivity contribution in [3.63, 3.8) is 0 Å². The lowest BCUT2D eigenvalue weighted by molar-refractivity contribution is 0.166. The van der Waals surface area contributed by atoms with Crippen LogP contribution in [0.5, 0.6) is 0 Å². The van der Waals surface area contributed by atoms with E-state index >= 15 is 0 Å². The molecule has 0 spiro atoms. The quantitative estimate of drug-likeness (QED) is 0.647. The Balaban J connectivity index is 2.27. The van der Waals surface area contributed by atoms with E-state index in [4.69, 9.17) is 0 Å². The molecule has 2 bridgehead atoms. The van der Waals surface area contributed by atoms with Crippen LogP contribution < -0.4 is 0 Å². The van der Waals surface area contributed by atoms with Gasteiger partial charge in [0.25, 0.3) is 0 Å². The molecule has 2 saturated carbocycles. The first kappa shape index (κ1) is 9.89.